The molecule has 0 aliphatic rings. The average Bonchev–Trinajstić information content (AvgIpc) is 2.26. The van der Waals surface area contributed by atoms with Crippen LogP contribution in [0.4, 0.5) is 13.2 Å². The monoisotopic (exact) mass is 263 g/mol. The number of carbonyl (C=O) groups is 1. The van der Waals surface area contributed by atoms with Crippen molar-refractivity contribution in [2.75, 3.05) is 5.75 Å². The van der Waals surface area contributed by atoms with Crippen LogP contribution in [0.1, 0.15) is 12.0 Å². The second-order valence-corrected chi connectivity index (χ2v) is 4.47. The van der Waals surface area contributed by atoms with Crippen molar-refractivity contribution in [2.24, 2.45) is 0 Å². The van der Waals surface area contributed by atoms with E-state index in [0.717, 1.165) is 5.56 Å². The highest BCUT2D eigenvalue weighted by Gasteiger charge is 2.27. The summed E-state index contributed by atoms with van der Waals surface area (Å²) in [5, 5.41) is 2.57. The van der Waals surface area contributed by atoms with Crippen molar-refractivity contribution < 1.29 is 18.0 Å². The van der Waals surface area contributed by atoms with Crippen molar-refractivity contribution in [3.63, 3.8) is 0 Å². The Kier molecular flexibility index (Phi) is 5.34. The number of alkyl halides is 3. The lowest BCUT2D eigenvalue weighted by Crippen LogP contribution is -2.23. The molecule has 0 aliphatic carbocycles. The Morgan fingerprint density at radius 2 is 1.88 bits per heavy atom. The van der Waals surface area contributed by atoms with Crippen LogP contribution < -0.4 is 5.32 Å². The SMILES string of the molecule is O=C(CCSC(F)(F)F)NCc1ccccc1. The summed E-state index contributed by atoms with van der Waals surface area (Å²) < 4.78 is 35.4. The van der Waals surface area contributed by atoms with Gasteiger partial charge >= 0.3 is 5.51 Å². The van der Waals surface area contributed by atoms with Crippen molar-refractivity contribution in [1.82, 2.24) is 5.32 Å². The molecule has 1 rings (SSSR count). The van der Waals surface area contributed by atoms with Gasteiger partial charge in [-0.15, -0.1) is 0 Å². The van der Waals surface area contributed by atoms with Gasteiger partial charge in [-0.05, 0) is 5.56 Å². The summed E-state index contributed by atoms with van der Waals surface area (Å²) in [7, 11) is 0. The highest BCUT2D eigenvalue weighted by Crippen LogP contribution is 2.30. The summed E-state index contributed by atoms with van der Waals surface area (Å²) in [6.07, 6.45) is -0.128. The summed E-state index contributed by atoms with van der Waals surface area (Å²) in [6, 6.07) is 9.20. The fraction of sp³-hybridized carbons (Fsp3) is 0.364. The molecular formula is C11H12F3NOS. The van der Waals surface area contributed by atoms with Crippen LogP contribution in [0.2, 0.25) is 0 Å². The van der Waals surface area contributed by atoms with E-state index in [2.05, 4.69) is 5.32 Å². The molecule has 1 amide bonds. The Morgan fingerprint density at radius 1 is 1.24 bits per heavy atom. The van der Waals surface area contributed by atoms with Crippen molar-refractivity contribution >= 4 is 17.7 Å². The second-order valence-electron chi connectivity index (χ2n) is 3.31. The zero-order valence-electron chi connectivity index (χ0n) is 8.96. The molecule has 0 radical (unpaired) electrons. The van der Waals surface area contributed by atoms with Crippen LogP contribution in [0.3, 0.4) is 0 Å². The van der Waals surface area contributed by atoms with E-state index in [0.29, 0.717) is 6.54 Å². The van der Waals surface area contributed by atoms with Gasteiger partial charge < -0.3 is 5.32 Å². The normalized spacial score (nSPS) is 11.2. The van der Waals surface area contributed by atoms with E-state index in [1.54, 1.807) is 0 Å². The van der Waals surface area contributed by atoms with E-state index in [1.165, 1.54) is 0 Å². The first-order valence-corrected chi connectivity index (χ1v) is 5.97. The Labute approximate surface area is 102 Å². The lowest BCUT2D eigenvalue weighted by Gasteiger charge is -2.06. The Bertz CT molecular complexity index is 353. The van der Waals surface area contributed by atoms with Gasteiger partial charge in [0.2, 0.25) is 5.91 Å². The van der Waals surface area contributed by atoms with Gasteiger partial charge in [0.05, 0.1) is 0 Å². The van der Waals surface area contributed by atoms with Gasteiger partial charge in [0, 0.05) is 18.7 Å². The standard InChI is InChI=1S/C11H12F3NOS/c12-11(13,14)17-7-6-10(16)15-8-9-4-2-1-3-5-9/h1-5H,6-8H2,(H,15,16). The molecular weight excluding hydrogens is 251 g/mol. The van der Waals surface area contributed by atoms with Crippen LogP contribution in [0.15, 0.2) is 30.3 Å². The van der Waals surface area contributed by atoms with Gasteiger partial charge in [-0.2, -0.15) is 13.2 Å². The van der Waals surface area contributed by atoms with E-state index in [4.69, 9.17) is 0 Å². The number of halogens is 3. The highest BCUT2D eigenvalue weighted by atomic mass is 32.2. The maximum Gasteiger partial charge on any atom is 0.441 e. The molecule has 0 saturated carbocycles. The Morgan fingerprint density at radius 3 is 2.47 bits per heavy atom. The van der Waals surface area contributed by atoms with Gasteiger partial charge in [0.15, 0.2) is 0 Å². The van der Waals surface area contributed by atoms with E-state index in [-0.39, 0.29) is 29.8 Å². The number of nitrogens with one attached hydrogen (secondary N) is 1. The number of carbonyl (C=O) groups excluding carboxylic acids is 1. The minimum atomic E-state index is -4.26. The Balaban J connectivity index is 2.18. The van der Waals surface area contributed by atoms with Crippen molar-refractivity contribution in [1.29, 1.82) is 0 Å². The predicted molar refractivity (Wildman–Crippen MR) is 61.4 cm³/mol. The summed E-state index contributed by atoms with van der Waals surface area (Å²) in [5.74, 6) is -0.616. The zero-order valence-corrected chi connectivity index (χ0v) is 9.77. The fourth-order valence-corrected chi connectivity index (χ4v) is 1.66. The Hall–Kier alpha value is -1.17. The molecule has 1 aromatic rings. The predicted octanol–water partition coefficient (Wildman–Crippen LogP) is 2.95. The molecule has 1 N–H and O–H groups in total. The molecule has 0 unspecified atom stereocenters. The molecule has 0 fully saturated rings. The number of benzene rings is 1. The maximum absolute atomic E-state index is 11.8. The van der Waals surface area contributed by atoms with E-state index in [1.807, 2.05) is 30.3 Å². The summed E-state index contributed by atoms with van der Waals surface area (Å²) >= 11 is -0.177. The molecule has 0 aliphatic heterocycles. The first-order chi connectivity index (χ1) is 7.97. The number of hydrogen-bond acceptors (Lipinski definition) is 2. The van der Waals surface area contributed by atoms with Gasteiger partial charge in [-0.3, -0.25) is 4.79 Å². The van der Waals surface area contributed by atoms with Crippen LogP contribution in [0.5, 0.6) is 0 Å². The molecule has 0 heterocycles. The van der Waals surface area contributed by atoms with Crippen LogP contribution in [-0.4, -0.2) is 17.2 Å². The van der Waals surface area contributed by atoms with Crippen LogP contribution >= 0.6 is 11.8 Å². The number of amides is 1. The molecule has 17 heavy (non-hydrogen) atoms. The first kappa shape index (κ1) is 13.9. The van der Waals surface area contributed by atoms with Gasteiger partial charge in [-0.25, -0.2) is 0 Å². The molecule has 0 saturated heterocycles. The highest BCUT2D eigenvalue weighted by molar-refractivity contribution is 8.00. The lowest BCUT2D eigenvalue weighted by molar-refractivity contribution is -0.120. The fourth-order valence-electron chi connectivity index (χ4n) is 1.14. The molecule has 1 aromatic carbocycles. The molecule has 94 valence electrons. The molecule has 0 bridgehead atoms. The van der Waals surface area contributed by atoms with Crippen LogP contribution in [-0.2, 0) is 11.3 Å². The molecule has 2 nitrogen and oxygen atoms in total. The quantitative estimate of drug-likeness (QED) is 0.885. The van der Waals surface area contributed by atoms with Gasteiger partial charge in [0.1, 0.15) is 0 Å². The molecule has 6 heteroatoms. The third-order valence-corrected chi connectivity index (χ3v) is 2.66. The van der Waals surface area contributed by atoms with Crippen molar-refractivity contribution in [2.45, 2.75) is 18.5 Å². The smallest absolute Gasteiger partial charge is 0.352 e. The minimum absolute atomic E-state index is 0.128. The average molecular weight is 263 g/mol. The first-order valence-electron chi connectivity index (χ1n) is 4.99. The maximum atomic E-state index is 11.8. The van der Waals surface area contributed by atoms with Crippen LogP contribution in [0.25, 0.3) is 0 Å². The summed E-state index contributed by atoms with van der Waals surface area (Å²) in [4.78, 5) is 11.2. The van der Waals surface area contributed by atoms with Crippen LogP contribution in [0, 0.1) is 0 Å². The number of rotatable bonds is 5. The second kappa shape index (κ2) is 6.54. The molecule has 0 spiro atoms. The van der Waals surface area contributed by atoms with E-state index < -0.39 is 5.51 Å². The van der Waals surface area contributed by atoms with E-state index in [9.17, 15) is 18.0 Å². The minimum Gasteiger partial charge on any atom is -0.352 e. The third-order valence-electron chi connectivity index (χ3n) is 1.93. The summed E-state index contributed by atoms with van der Waals surface area (Å²) in [5.41, 5.74) is -3.34. The molecule has 0 atom stereocenters. The number of thioether (sulfide) groups is 1. The largest absolute Gasteiger partial charge is 0.441 e. The van der Waals surface area contributed by atoms with Crippen molar-refractivity contribution in [3.8, 4) is 0 Å². The topological polar surface area (TPSA) is 29.1 Å². The van der Waals surface area contributed by atoms with Gasteiger partial charge in [-0.1, -0.05) is 42.1 Å². The van der Waals surface area contributed by atoms with E-state index >= 15 is 0 Å². The zero-order chi connectivity index (χ0) is 12.7. The number of hydrogen-bond donors (Lipinski definition) is 1. The summed E-state index contributed by atoms with van der Waals surface area (Å²) in [6.45, 7) is 0.344. The van der Waals surface area contributed by atoms with Crippen molar-refractivity contribution in [3.05, 3.63) is 35.9 Å². The van der Waals surface area contributed by atoms with Gasteiger partial charge in [0.25, 0.3) is 0 Å². The lowest BCUT2D eigenvalue weighted by atomic mass is 10.2. The molecule has 0 aromatic heterocycles. The third kappa shape index (κ3) is 6.88.